The number of nitrogens with one attached hydrogen (secondary N) is 1. The minimum absolute atomic E-state index is 0.0885. The van der Waals surface area contributed by atoms with E-state index in [0.29, 0.717) is 22.8 Å². The molecule has 0 radical (unpaired) electrons. The molecule has 5 nitrogen and oxygen atoms in total. The molecule has 0 aliphatic heterocycles. The van der Waals surface area contributed by atoms with Gasteiger partial charge in [-0.25, -0.2) is 0 Å². The Morgan fingerprint density at radius 1 is 1.00 bits per heavy atom. The lowest BCUT2D eigenvalue weighted by Gasteiger charge is -2.12. The molecule has 0 aliphatic rings. The van der Waals surface area contributed by atoms with Crippen LogP contribution in [0.1, 0.15) is 21.6 Å². The van der Waals surface area contributed by atoms with Gasteiger partial charge >= 0.3 is 6.18 Å². The number of fused-ring (bicyclic) bond motifs is 1. The van der Waals surface area contributed by atoms with Crippen molar-refractivity contribution in [2.45, 2.75) is 12.7 Å². The maximum atomic E-state index is 13.0. The van der Waals surface area contributed by atoms with Gasteiger partial charge in [-0.15, -0.1) is 0 Å². The summed E-state index contributed by atoms with van der Waals surface area (Å²) in [5.41, 5.74) is -0.396. The van der Waals surface area contributed by atoms with Crippen LogP contribution in [0.15, 0.2) is 69.6 Å². The molecule has 4 aromatic rings. The highest BCUT2D eigenvalue weighted by Gasteiger charge is 2.34. The molecule has 0 fully saturated rings. The summed E-state index contributed by atoms with van der Waals surface area (Å²) in [7, 11) is 0. The van der Waals surface area contributed by atoms with E-state index in [0.717, 1.165) is 17.5 Å². The maximum Gasteiger partial charge on any atom is 0.417 e. The first-order valence-electron chi connectivity index (χ1n) is 8.31. The lowest BCUT2D eigenvalue weighted by atomic mass is 10.1. The molecule has 0 saturated carbocycles. The molecule has 0 atom stereocenters. The highest BCUT2D eigenvalue weighted by molar-refractivity contribution is 5.95. The number of para-hydroxylation sites is 1. The van der Waals surface area contributed by atoms with Crippen molar-refractivity contribution in [2.24, 2.45) is 0 Å². The summed E-state index contributed by atoms with van der Waals surface area (Å²) in [5, 5.41) is 7.15. The normalized spacial score (nSPS) is 11.7. The number of aromatic nitrogens is 1. The van der Waals surface area contributed by atoms with Gasteiger partial charge in [0.15, 0.2) is 5.76 Å². The molecular formula is C20H13F3N2O3. The first-order chi connectivity index (χ1) is 13.4. The summed E-state index contributed by atoms with van der Waals surface area (Å²) in [5.74, 6) is -0.0222. The van der Waals surface area contributed by atoms with E-state index in [4.69, 9.17) is 8.94 Å². The zero-order valence-electron chi connectivity index (χ0n) is 14.3. The van der Waals surface area contributed by atoms with Crippen molar-refractivity contribution in [3.63, 3.8) is 0 Å². The summed E-state index contributed by atoms with van der Waals surface area (Å²) in [6, 6.07) is 15.4. The highest BCUT2D eigenvalue weighted by atomic mass is 19.4. The molecule has 2 aromatic carbocycles. The van der Waals surface area contributed by atoms with Crippen molar-refractivity contribution in [1.82, 2.24) is 10.5 Å². The minimum Gasteiger partial charge on any atom is -0.453 e. The Bertz CT molecular complexity index is 1110. The summed E-state index contributed by atoms with van der Waals surface area (Å²) < 4.78 is 50.0. The van der Waals surface area contributed by atoms with Crippen molar-refractivity contribution >= 4 is 16.9 Å². The Kier molecular flexibility index (Phi) is 4.38. The van der Waals surface area contributed by atoms with Crippen LogP contribution in [0.3, 0.4) is 0 Å². The van der Waals surface area contributed by atoms with Gasteiger partial charge in [0.1, 0.15) is 11.3 Å². The molecule has 2 heterocycles. The summed E-state index contributed by atoms with van der Waals surface area (Å²) in [6.45, 7) is -0.0885. The third-order valence-corrected chi connectivity index (χ3v) is 4.13. The molecule has 28 heavy (non-hydrogen) atoms. The van der Waals surface area contributed by atoms with Gasteiger partial charge in [-0.3, -0.25) is 4.79 Å². The number of benzene rings is 2. The Labute approximate surface area is 156 Å². The zero-order valence-corrected chi connectivity index (χ0v) is 14.3. The molecule has 1 N–H and O–H groups in total. The number of rotatable bonds is 4. The predicted molar refractivity (Wildman–Crippen MR) is 94.3 cm³/mol. The SMILES string of the molecule is O=C(NCc1cc(-c2cc3ccccc3o2)on1)c1ccccc1C(F)(F)F. The monoisotopic (exact) mass is 386 g/mol. The first-order valence-corrected chi connectivity index (χ1v) is 8.31. The minimum atomic E-state index is -4.61. The summed E-state index contributed by atoms with van der Waals surface area (Å²) in [6.07, 6.45) is -4.61. The highest BCUT2D eigenvalue weighted by Crippen LogP contribution is 2.32. The van der Waals surface area contributed by atoms with E-state index < -0.39 is 23.2 Å². The van der Waals surface area contributed by atoms with E-state index in [1.54, 1.807) is 12.1 Å². The van der Waals surface area contributed by atoms with Crippen LogP contribution >= 0.6 is 0 Å². The number of hydrogen-bond acceptors (Lipinski definition) is 4. The number of carbonyl (C=O) groups excluding carboxylic acids is 1. The number of amides is 1. The molecule has 0 bridgehead atoms. The van der Waals surface area contributed by atoms with Gasteiger partial charge < -0.3 is 14.3 Å². The van der Waals surface area contributed by atoms with E-state index in [9.17, 15) is 18.0 Å². The van der Waals surface area contributed by atoms with Crippen LogP contribution in [0, 0.1) is 0 Å². The van der Waals surface area contributed by atoms with Crippen molar-refractivity contribution in [3.05, 3.63) is 77.5 Å². The third kappa shape index (κ3) is 3.48. The topological polar surface area (TPSA) is 68.3 Å². The Morgan fingerprint density at radius 3 is 2.54 bits per heavy atom. The van der Waals surface area contributed by atoms with Gasteiger partial charge in [0.25, 0.3) is 5.91 Å². The summed E-state index contributed by atoms with van der Waals surface area (Å²) >= 11 is 0. The van der Waals surface area contributed by atoms with Crippen LogP contribution in [-0.2, 0) is 12.7 Å². The second kappa shape index (κ2) is 6.88. The number of furan rings is 1. The molecule has 0 spiro atoms. The third-order valence-electron chi connectivity index (χ3n) is 4.13. The predicted octanol–water partition coefficient (Wildman–Crippen LogP) is 5.04. The van der Waals surface area contributed by atoms with E-state index in [-0.39, 0.29) is 6.54 Å². The number of hydrogen-bond donors (Lipinski definition) is 1. The first kappa shape index (κ1) is 17.8. The molecule has 0 unspecified atom stereocenters. The second-order valence-electron chi connectivity index (χ2n) is 6.06. The van der Waals surface area contributed by atoms with E-state index in [2.05, 4.69) is 10.5 Å². The Hall–Kier alpha value is -3.55. The van der Waals surface area contributed by atoms with Gasteiger partial charge in [0.2, 0.25) is 5.76 Å². The van der Waals surface area contributed by atoms with E-state index in [1.807, 2.05) is 24.3 Å². The van der Waals surface area contributed by atoms with Crippen molar-refractivity contribution in [2.75, 3.05) is 0 Å². The molecule has 4 rings (SSSR count). The fraction of sp³-hybridized carbons (Fsp3) is 0.100. The number of halogens is 3. The Morgan fingerprint density at radius 2 is 1.75 bits per heavy atom. The van der Waals surface area contributed by atoms with Crippen molar-refractivity contribution < 1.29 is 26.9 Å². The largest absolute Gasteiger partial charge is 0.453 e. The average Bonchev–Trinajstić information content (AvgIpc) is 3.32. The molecule has 142 valence electrons. The van der Waals surface area contributed by atoms with Gasteiger partial charge in [0, 0.05) is 11.5 Å². The fourth-order valence-electron chi connectivity index (χ4n) is 2.81. The lowest BCUT2D eigenvalue weighted by molar-refractivity contribution is -0.137. The van der Waals surface area contributed by atoms with Crippen LogP contribution in [0.4, 0.5) is 13.2 Å². The molecule has 0 aliphatic carbocycles. The van der Waals surface area contributed by atoms with Crippen molar-refractivity contribution in [3.8, 4) is 11.5 Å². The quantitative estimate of drug-likeness (QED) is 0.534. The van der Waals surface area contributed by atoms with Gasteiger partial charge in [-0.2, -0.15) is 13.2 Å². The maximum absolute atomic E-state index is 13.0. The van der Waals surface area contributed by atoms with E-state index in [1.165, 1.54) is 12.1 Å². The molecular weight excluding hydrogens is 373 g/mol. The van der Waals surface area contributed by atoms with Crippen LogP contribution in [0.25, 0.3) is 22.5 Å². The molecule has 1 amide bonds. The van der Waals surface area contributed by atoms with E-state index >= 15 is 0 Å². The second-order valence-corrected chi connectivity index (χ2v) is 6.06. The van der Waals surface area contributed by atoms with Gasteiger partial charge in [-0.05, 0) is 24.3 Å². The zero-order chi connectivity index (χ0) is 19.7. The number of nitrogens with zero attached hydrogens (tertiary/aromatic N) is 1. The van der Waals surface area contributed by atoms with Crippen LogP contribution in [0.2, 0.25) is 0 Å². The van der Waals surface area contributed by atoms with Gasteiger partial charge in [0.05, 0.1) is 17.7 Å². The standard InChI is InChI=1S/C20H13F3N2O3/c21-20(22,23)15-7-3-2-6-14(15)19(26)24-11-13-10-18(28-25-13)17-9-12-5-1-4-8-16(12)27-17/h1-10H,11H2,(H,24,26). The summed E-state index contributed by atoms with van der Waals surface area (Å²) in [4.78, 5) is 12.2. The number of alkyl halides is 3. The molecule has 0 saturated heterocycles. The average molecular weight is 386 g/mol. The van der Waals surface area contributed by atoms with Crippen LogP contribution in [-0.4, -0.2) is 11.1 Å². The smallest absolute Gasteiger partial charge is 0.417 e. The lowest BCUT2D eigenvalue weighted by Crippen LogP contribution is -2.26. The molecule has 2 aromatic heterocycles. The fourth-order valence-corrected chi connectivity index (χ4v) is 2.81. The Balaban J connectivity index is 1.49. The van der Waals surface area contributed by atoms with Crippen LogP contribution < -0.4 is 5.32 Å². The number of carbonyl (C=O) groups is 1. The van der Waals surface area contributed by atoms with Crippen molar-refractivity contribution in [1.29, 1.82) is 0 Å². The van der Waals surface area contributed by atoms with Crippen LogP contribution in [0.5, 0.6) is 0 Å². The molecule has 8 heteroatoms. The van der Waals surface area contributed by atoms with Gasteiger partial charge in [-0.1, -0.05) is 35.5 Å².